The molecule has 0 aromatic carbocycles. The lowest BCUT2D eigenvalue weighted by molar-refractivity contribution is -0.143. The van der Waals surface area contributed by atoms with Gasteiger partial charge in [-0.05, 0) is 13.8 Å². The van der Waals surface area contributed by atoms with E-state index in [0.717, 1.165) is 5.82 Å². The molecule has 0 fully saturated rings. The Kier molecular flexibility index (Phi) is 3.45. The highest BCUT2D eigenvalue weighted by Crippen LogP contribution is 2.03. The molecule has 76 valence electrons. The molecule has 1 rings (SSSR count). The van der Waals surface area contributed by atoms with Gasteiger partial charge in [-0.1, -0.05) is 6.58 Å². The van der Waals surface area contributed by atoms with E-state index in [1.807, 2.05) is 6.92 Å². The zero-order valence-corrected chi connectivity index (χ0v) is 8.41. The molecule has 0 saturated carbocycles. The molecule has 0 saturated heterocycles. The molecule has 1 atom stereocenters. The van der Waals surface area contributed by atoms with Crippen LogP contribution in [0.3, 0.4) is 0 Å². The number of H-pyrrole nitrogens is 1. The number of nitrogens with zero attached hydrogens (tertiary/aromatic N) is 1. The third-order valence-electron chi connectivity index (χ3n) is 1.69. The van der Waals surface area contributed by atoms with E-state index in [1.165, 1.54) is 0 Å². The predicted molar refractivity (Wildman–Crippen MR) is 52.7 cm³/mol. The van der Waals surface area contributed by atoms with Gasteiger partial charge in [-0.15, -0.1) is 0 Å². The molecule has 0 aliphatic rings. The molecular formula is C10H14N2O2. The van der Waals surface area contributed by atoms with Gasteiger partial charge in [0.05, 0.1) is 0 Å². The monoisotopic (exact) mass is 194 g/mol. The Morgan fingerprint density at radius 1 is 1.79 bits per heavy atom. The number of hydrogen-bond donors (Lipinski definition) is 1. The number of aromatic nitrogens is 2. The first kappa shape index (κ1) is 10.5. The van der Waals surface area contributed by atoms with Crippen molar-refractivity contribution < 1.29 is 9.53 Å². The highest BCUT2D eigenvalue weighted by atomic mass is 16.5. The number of carbonyl (C=O) groups excluding carboxylic acids is 1. The van der Waals surface area contributed by atoms with Crippen LogP contribution in [0.5, 0.6) is 0 Å². The summed E-state index contributed by atoms with van der Waals surface area (Å²) in [6.45, 7) is 6.96. The first-order valence-electron chi connectivity index (χ1n) is 4.44. The van der Waals surface area contributed by atoms with E-state index in [4.69, 9.17) is 4.74 Å². The molecule has 4 heteroatoms. The van der Waals surface area contributed by atoms with Crippen molar-refractivity contribution in [2.24, 2.45) is 0 Å². The average molecular weight is 194 g/mol. The van der Waals surface area contributed by atoms with Crippen LogP contribution in [-0.4, -0.2) is 22.0 Å². The largest absolute Gasteiger partial charge is 0.459 e. The fourth-order valence-electron chi connectivity index (χ4n) is 1.01. The van der Waals surface area contributed by atoms with Gasteiger partial charge >= 0.3 is 5.97 Å². The number of imidazole rings is 1. The highest BCUT2D eigenvalue weighted by Gasteiger charge is 2.11. The van der Waals surface area contributed by atoms with Crippen molar-refractivity contribution in [1.29, 1.82) is 0 Å². The van der Waals surface area contributed by atoms with Gasteiger partial charge in [0, 0.05) is 24.4 Å². The van der Waals surface area contributed by atoms with E-state index < -0.39 is 0 Å². The van der Waals surface area contributed by atoms with Crippen LogP contribution < -0.4 is 0 Å². The number of ether oxygens (including phenoxy) is 1. The first-order chi connectivity index (χ1) is 6.59. The van der Waals surface area contributed by atoms with Crippen molar-refractivity contribution in [2.45, 2.75) is 26.4 Å². The summed E-state index contributed by atoms with van der Waals surface area (Å²) in [5.74, 6) is 0.455. The number of carbonyl (C=O) groups is 1. The fraction of sp³-hybridized carbons (Fsp3) is 0.400. The summed E-state index contributed by atoms with van der Waals surface area (Å²) < 4.78 is 5.09. The Bertz CT molecular complexity index is 317. The van der Waals surface area contributed by atoms with E-state index >= 15 is 0 Å². The number of esters is 1. The number of nitrogens with one attached hydrogen (secondary N) is 1. The third kappa shape index (κ3) is 3.05. The maximum Gasteiger partial charge on any atom is 0.333 e. The molecule has 0 bridgehead atoms. The van der Waals surface area contributed by atoms with Gasteiger partial charge in [0.15, 0.2) is 0 Å². The van der Waals surface area contributed by atoms with Crippen LogP contribution >= 0.6 is 0 Å². The molecule has 1 heterocycles. The molecule has 1 aromatic heterocycles. The fourth-order valence-corrected chi connectivity index (χ4v) is 1.01. The van der Waals surface area contributed by atoms with Gasteiger partial charge in [0.1, 0.15) is 11.9 Å². The Hall–Kier alpha value is -1.58. The molecule has 14 heavy (non-hydrogen) atoms. The second kappa shape index (κ2) is 4.60. The van der Waals surface area contributed by atoms with E-state index in [2.05, 4.69) is 16.5 Å². The van der Waals surface area contributed by atoms with Gasteiger partial charge in [0.2, 0.25) is 0 Å². The summed E-state index contributed by atoms with van der Waals surface area (Å²) in [6.07, 6.45) is 3.81. The SMILES string of the molecule is C=C(C)C(=O)OC(C)Cc1ncc[nH]1. The van der Waals surface area contributed by atoms with Crippen LogP contribution in [0.25, 0.3) is 0 Å². The van der Waals surface area contributed by atoms with E-state index in [9.17, 15) is 4.79 Å². The molecule has 0 aliphatic carbocycles. The summed E-state index contributed by atoms with van der Waals surface area (Å²) in [4.78, 5) is 18.1. The zero-order valence-electron chi connectivity index (χ0n) is 8.41. The van der Waals surface area contributed by atoms with E-state index in [-0.39, 0.29) is 12.1 Å². The molecule has 0 amide bonds. The zero-order chi connectivity index (χ0) is 10.6. The van der Waals surface area contributed by atoms with Gasteiger partial charge in [0.25, 0.3) is 0 Å². The van der Waals surface area contributed by atoms with Gasteiger partial charge in [-0.3, -0.25) is 0 Å². The van der Waals surface area contributed by atoms with Crippen molar-refractivity contribution >= 4 is 5.97 Å². The van der Waals surface area contributed by atoms with Crippen molar-refractivity contribution in [3.8, 4) is 0 Å². The minimum Gasteiger partial charge on any atom is -0.459 e. The lowest BCUT2D eigenvalue weighted by Gasteiger charge is -2.11. The van der Waals surface area contributed by atoms with Crippen LogP contribution in [0.4, 0.5) is 0 Å². The molecular weight excluding hydrogens is 180 g/mol. The molecule has 1 aromatic rings. The normalized spacial score (nSPS) is 12.1. The predicted octanol–water partition coefficient (Wildman–Crippen LogP) is 1.46. The van der Waals surface area contributed by atoms with E-state index in [0.29, 0.717) is 12.0 Å². The maximum absolute atomic E-state index is 11.1. The van der Waals surface area contributed by atoms with Crippen molar-refractivity contribution in [3.05, 3.63) is 30.4 Å². The lowest BCUT2D eigenvalue weighted by Crippen LogP contribution is -2.18. The quantitative estimate of drug-likeness (QED) is 0.583. The Morgan fingerprint density at radius 3 is 3.00 bits per heavy atom. The van der Waals surface area contributed by atoms with Crippen molar-refractivity contribution in [2.75, 3.05) is 0 Å². The average Bonchev–Trinajstić information content (AvgIpc) is 2.56. The minimum absolute atomic E-state index is 0.189. The summed E-state index contributed by atoms with van der Waals surface area (Å²) >= 11 is 0. The van der Waals surface area contributed by atoms with Gasteiger partial charge in [-0.2, -0.15) is 0 Å². The molecule has 1 unspecified atom stereocenters. The van der Waals surface area contributed by atoms with Crippen LogP contribution in [0.1, 0.15) is 19.7 Å². The molecule has 0 spiro atoms. The summed E-state index contributed by atoms with van der Waals surface area (Å²) in [5, 5.41) is 0. The Balaban J connectivity index is 2.40. The van der Waals surface area contributed by atoms with Crippen LogP contribution in [0.15, 0.2) is 24.5 Å². The van der Waals surface area contributed by atoms with Gasteiger partial charge < -0.3 is 9.72 Å². The second-order valence-electron chi connectivity index (χ2n) is 3.24. The van der Waals surface area contributed by atoms with Crippen LogP contribution in [0, 0.1) is 0 Å². The first-order valence-corrected chi connectivity index (χ1v) is 4.44. The molecule has 1 N–H and O–H groups in total. The van der Waals surface area contributed by atoms with Crippen LogP contribution in [0.2, 0.25) is 0 Å². The standard InChI is InChI=1S/C10H14N2O2/c1-7(2)10(13)14-8(3)6-9-11-4-5-12-9/h4-5,8H,1,6H2,2-3H3,(H,11,12). The van der Waals surface area contributed by atoms with Crippen molar-refractivity contribution in [1.82, 2.24) is 9.97 Å². The summed E-state index contributed by atoms with van der Waals surface area (Å²) in [6, 6.07) is 0. The van der Waals surface area contributed by atoms with Gasteiger partial charge in [-0.25, -0.2) is 9.78 Å². The Labute approximate surface area is 83.0 Å². The second-order valence-corrected chi connectivity index (χ2v) is 3.24. The molecule has 0 radical (unpaired) electrons. The topological polar surface area (TPSA) is 55.0 Å². The molecule has 0 aliphatic heterocycles. The number of rotatable bonds is 4. The van der Waals surface area contributed by atoms with Crippen molar-refractivity contribution in [3.63, 3.8) is 0 Å². The number of hydrogen-bond acceptors (Lipinski definition) is 3. The lowest BCUT2D eigenvalue weighted by atomic mass is 10.2. The maximum atomic E-state index is 11.1. The summed E-state index contributed by atoms with van der Waals surface area (Å²) in [5.41, 5.74) is 0.413. The number of aromatic amines is 1. The highest BCUT2D eigenvalue weighted by molar-refractivity contribution is 5.87. The summed E-state index contributed by atoms with van der Waals surface area (Å²) in [7, 11) is 0. The smallest absolute Gasteiger partial charge is 0.333 e. The third-order valence-corrected chi connectivity index (χ3v) is 1.69. The Morgan fingerprint density at radius 2 is 2.50 bits per heavy atom. The van der Waals surface area contributed by atoms with E-state index in [1.54, 1.807) is 19.3 Å². The minimum atomic E-state index is -0.357. The molecule has 4 nitrogen and oxygen atoms in total. The van der Waals surface area contributed by atoms with Crippen LogP contribution in [-0.2, 0) is 16.0 Å².